The summed E-state index contributed by atoms with van der Waals surface area (Å²) in [6.45, 7) is 0. The molecule has 0 unspecified atom stereocenters. The van der Waals surface area contributed by atoms with Crippen LogP contribution >= 0.6 is 23.2 Å². The van der Waals surface area contributed by atoms with Crippen LogP contribution in [-0.4, -0.2) is 10.1 Å². The maximum Gasteiger partial charge on any atom is 0.177 e. The molecule has 3 aromatic rings. The lowest BCUT2D eigenvalue weighted by Crippen LogP contribution is -1.89. The van der Waals surface area contributed by atoms with Crippen molar-refractivity contribution in [2.75, 3.05) is 5.73 Å². The molecular formula is C14H9Cl2N3O. The van der Waals surface area contributed by atoms with Crippen LogP contribution in [0.1, 0.15) is 0 Å². The first-order valence-corrected chi connectivity index (χ1v) is 6.53. The number of aromatic nitrogens is 2. The topological polar surface area (TPSA) is 64.9 Å². The largest absolute Gasteiger partial charge is 0.380 e. The van der Waals surface area contributed by atoms with E-state index in [0.717, 1.165) is 5.56 Å². The summed E-state index contributed by atoms with van der Waals surface area (Å²) in [5.74, 6) is 0.809. The zero-order valence-electron chi connectivity index (χ0n) is 10.2. The van der Waals surface area contributed by atoms with E-state index in [-0.39, 0.29) is 0 Å². The van der Waals surface area contributed by atoms with E-state index in [9.17, 15) is 0 Å². The predicted molar refractivity (Wildman–Crippen MR) is 79.6 cm³/mol. The quantitative estimate of drug-likeness (QED) is 0.767. The Bertz CT molecular complexity index is 736. The first kappa shape index (κ1) is 13.0. The second kappa shape index (κ2) is 5.15. The monoisotopic (exact) mass is 305 g/mol. The van der Waals surface area contributed by atoms with Crippen LogP contribution in [0.15, 0.2) is 47.2 Å². The van der Waals surface area contributed by atoms with Crippen LogP contribution in [0.25, 0.3) is 22.5 Å². The molecule has 0 aliphatic heterocycles. The molecule has 0 radical (unpaired) electrons. The van der Waals surface area contributed by atoms with E-state index in [0.29, 0.717) is 32.8 Å². The highest BCUT2D eigenvalue weighted by Gasteiger charge is 2.18. The molecule has 4 nitrogen and oxygen atoms in total. The van der Waals surface area contributed by atoms with Crippen LogP contribution in [0.3, 0.4) is 0 Å². The van der Waals surface area contributed by atoms with Crippen LogP contribution < -0.4 is 5.73 Å². The second-order valence-corrected chi connectivity index (χ2v) is 5.04. The van der Waals surface area contributed by atoms with Crippen LogP contribution in [-0.2, 0) is 0 Å². The normalized spacial score (nSPS) is 10.7. The fourth-order valence-corrected chi connectivity index (χ4v) is 2.50. The number of anilines is 1. The molecule has 0 saturated carbocycles. The van der Waals surface area contributed by atoms with Gasteiger partial charge >= 0.3 is 0 Å². The third-order valence-electron chi connectivity index (χ3n) is 2.79. The third-order valence-corrected chi connectivity index (χ3v) is 3.23. The van der Waals surface area contributed by atoms with Gasteiger partial charge in [0.1, 0.15) is 0 Å². The number of rotatable bonds is 2. The van der Waals surface area contributed by atoms with E-state index in [1.807, 2.05) is 12.1 Å². The number of hydrogen-bond acceptors (Lipinski definition) is 4. The minimum Gasteiger partial charge on any atom is -0.380 e. The van der Waals surface area contributed by atoms with Gasteiger partial charge in [0, 0.05) is 33.6 Å². The Morgan fingerprint density at radius 1 is 1.05 bits per heavy atom. The van der Waals surface area contributed by atoms with Gasteiger partial charge < -0.3 is 10.3 Å². The maximum absolute atomic E-state index is 6.02. The van der Waals surface area contributed by atoms with Gasteiger partial charge in [0.05, 0.1) is 5.56 Å². The number of halogens is 2. The highest BCUT2D eigenvalue weighted by Crippen LogP contribution is 2.37. The fourth-order valence-electron chi connectivity index (χ4n) is 1.97. The number of benzene rings is 1. The fraction of sp³-hybridized carbons (Fsp3) is 0. The standard InChI is InChI=1S/C14H9Cl2N3O/c15-10-4-9(5-11(16)6-10)13-12(14(17)19-20-13)8-2-1-3-18-7-8/h1-7H,(H2,17,19). The molecule has 1 aromatic carbocycles. The van der Waals surface area contributed by atoms with Gasteiger partial charge in [-0.25, -0.2) is 0 Å². The molecule has 2 aromatic heterocycles. The molecule has 0 saturated heterocycles. The summed E-state index contributed by atoms with van der Waals surface area (Å²) in [7, 11) is 0. The molecule has 0 aliphatic carbocycles. The van der Waals surface area contributed by atoms with Crippen molar-refractivity contribution in [3.8, 4) is 22.5 Å². The first-order valence-electron chi connectivity index (χ1n) is 5.77. The van der Waals surface area contributed by atoms with Crippen LogP contribution in [0.2, 0.25) is 10.0 Å². The molecule has 0 aliphatic rings. The Morgan fingerprint density at radius 2 is 1.80 bits per heavy atom. The van der Waals surface area contributed by atoms with Gasteiger partial charge in [-0.15, -0.1) is 0 Å². The van der Waals surface area contributed by atoms with Crippen molar-refractivity contribution >= 4 is 29.0 Å². The molecule has 2 N–H and O–H groups in total. The summed E-state index contributed by atoms with van der Waals surface area (Å²) < 4.78 is 5.33. The maximum atomic E-state index is 6.02. The van der Waals surface area contributed by atoms with Crippen molar-refractivity contribution in [1.82, 2.24) is 10.1 Å². The molecule has 3 rings (SSSR count). The van der Waals surface area contributed by atoms with Crippen molar-refractivity contribution in [3.05, 3.63) is 52.8 Å². The van der Waals surface area contributed by atoms with Crippen molar-refractivity contribution in [1.29, 1.82) is 0 Å². The summed E-state index contributed by atoms with van der Waals surface area (Å²) in [4.78, 5) is 4.07. The van der Waals surface area contributed by atoms with Gasteiger partial charge in [-0.1, -0.05) is 34.4 Å². The molecule has 0 fully saturated rings. The molecule has 100 valence electrons. The smallest absolute Gasteiger partial charge is 0.177 e. The van der Waals surface area contributed by atoms with Gasteiger partial charge in [0.15, 0.2) is 11.6 Å². The first-order chi connectivity index (χ1) is 9.65. The lowest BCUT2D eigenvalue weighted by molar-refractivity contribution is 0.436. The highest BCUT2D eigenvalue weighted by molar-refractivity contribution is 6.35. The SMILES string of the molecule is Nc1noc(-c2cc(Cl)cc(Cl)c2)c1-c1cccnc1. The van der Waals surface area contributed by atoms with E-state index in [1.54, 1.807) is 30.6 Å². The van der Waals surface area contributed by atoms with E-state index in [4.69, 9.17) is 33.5 Å². The van der Waals surface area contributed by atoms with E-state index >= 15 is 0 Å². The van der Waals surface area contributed by atoms with Crippen LogP contribution in [0.4, 0.5) is 5.82 Å². The summed E-state index contributed by atoms with van der Waals surface area (Å²) in [6.07, 6.45) is 3.38. The Balaban J connectivity index is 2.21. The number of nitrogens with zero attached hydrogens (tertiary/aromatic N) is 2. The molecular weight excluding hydrogens is 297 g/mol. The number of nitrogens with two attached hydrogens (primary N) is 1. The Morgan fingerprint density at radius 3 is 2.45 bits per heavy atom. The summed E-state index contributed by atoms with van der Waals surface area (Å²) in [6, 6.07) is 8.83. The van der Waals surface area contributed by atoms with E-state index < -0.39 is 0 Å². The Labute approximate surface area is 125 Å². The van der Waals surface area contributed by atoms with Crippen molar-refractivity contribution in [2.45, 2.75) is 0 Å². The molecule has 2 heterocycles. The van der Waals surface area contributed by atoms with Crippen molar-refractivity contribution in [3.63, 3.8) is 0 Å². The van der Waals surface area contributed by atoms with E-state index in [2.05, 4.69) is 10.1 Å². The van der Waals surface area contributed by atoms with Gasteiger partial charge in [0.25, 0.3) is 0 Å². The number of hydrogen-bond donors (Lipinski definition) is 1. The van der Waals surface area contributed by atoms with Crippen molar-refractivity contribution in [2.24, 2.45) is 0 Å². The van der Waals surface area contributed by atoms with Crippen LogP contribution in [0.5, 0.6) is 0 Å². The summed E-state index contributed by atoms with van der Waals surface area (Å²) >= 11 is 12.0. The lowest BCUT2D eigenvalue weighted by Gasteiger charge is -2.03. The lowest BCUT2D eigenvalue weighted by atomic mass is 10.0. The van der Waals surface area contributed by atoms with Gasteiger partial charge in [-0.05, 0) is 24.3 Å². The second-order valence-electron chi connectivity index (χ2n) is 4.17. The molecule has 0 bridgehead atoms. The Kier molecular flexibility index (Phi) is 3.34. The third kappa shape index (κ3) is 2.35. The predicted octanol–water partition coefficient (Wildman–Crippen LogP) is 4.29. The van der Waals surface area contributed by atoms with Crippen molar-refractivity contribution < 1.29 is 4.52 Å². The molecule has 0 spiro atoms. The van der Waals surface area contributed by atoms with E-state index in [1.165, 1.54) is 0 Å². The molecule has 6 heteroatoms. The van der Waals surface area contributed by atoms with Gasteiger partial charge in [-0.3, -0.25) is 4.98 Å². The minimum atomic E-state index is 0.295. The number of nitrogen functional groups attached to an aromatic ring is 1. The minimum absolute atomic E-state index is 0.295. The molecule has 0 amide bonds. The average Bonchev–Trinajstić information content (AvgIpc) is 2.80. The zero-order chi connectivity index (χ0) is 14.1. The van der Waals surface area contributed by atoms with Gasteiger partial charge in [-0.2, -0.15) is 0 Å². The van der Waals surface area contributed by atoms with Crippen LogP contribution in [0, 0.1) is 0 Å². The molecule has 20 heavy (non-hydrogen) atoms. The summed E-state index contributed by atoms with van der Waals surface area (Å²) in [5.41, 5.74) is 8.10. The number of pyridine rings is 1. The highest BCUT2D eigenvalue weighted by atomic mass is 35.5. The van der Waals surface area contributed by atoms with Gasteiger partial charge in [0.2, 0.25) is 0 Å². The average molecular weight is 306 g/mol. The molecule has 0 atom stereocenters. The summed E-state index contributed by atoms with van der Waals surface area (Å²) in [5, 5.41) is 4.84. The Hall–Kier alpha value is -2.04. The zero-order valence-corrected chi connectivity index (χ0v) is 11.7.